The lowest BCUT2D eigenvalue weighted by atomic mass is 9.84. The van der Waals surface area contributed by atoms with Gasteiger partial charge < -0.3 is 0 Å². The summed E-state index contributed by atoms with van der Waals surface area (Å²) in [7, 11) is -2.93. The Kier molecular flexibility index (Phi) is 3.67. The van der Waals surface area contributed by atoms with E-state index in [-0.39, 0.29) is 23.0 Å². The average Bonchev–Trinajstić information content (AvgIpc) is 2.14. The number of terminal acetylenes is 1. The van der Waals surface area contributed by atoms with Crippen molar-refractivity contribution in [1.29, 1.82) is 0 Å². The molecular formula is C13H23NO2S. The lowest BCUT2D eigenvalue weighted by Crippen LogP contribution is -2.61. The van der Waals surface area contributed by atoms with Crippen LogP contribution >= 0.6 is 0 Å². The van der Waals surface area contributed by atoms with Gasteiger partial charge in [0.2, 0.25) is 0 Å². The van der Waals surface area contributed by atoms with Gasteiger partial charge in [0.15, 0.2) is 9.84 Å². The summed E-state index contributed by atoms with van der Waals surface area (Å²) < 4.78 is 23.6. The molecular weight excluding hydrogens is 234 g/mol. The number of rotatable bonds is 1. The highest BCUT2D eigenvalue weighted by atomic mass is 32.2. The molecule has 0 aromatic carbocycles. The van der Waals surface area contributed by atoms with Crippen LogP contribution in [0.15, 0.2) is 0 Å². The van der Waals surface area contributed by atoms with E-state index in [2.05, 4.69) is 31.6 Å². The monoisotopic (exact) mass is 257 g/mol. The molecule has 1 fully saturated rings. The Morgan fingerprint density at radius 1 is 1.24 bits per heavy atom. The smallest absolute Gasteiger partial charge is 0.153 e. The largest absolute Gasteiger partial charge is 0.282 e. The van der Waals surface area contributed by atoms with Gasteiger partial charge in [0.1, 0.15) is 0 Å². The summed E-state index contributed by atoms with van der Waals surface area (Å²) in [6.45, 7) is 10.7. The van der Waals surface area contributed by atoms with Gasteiger partial charge in [0.05, 0.1) is 17.0 Å². The molecule has 1 rings (SSSR count). The van der Waals surface area contributed by atoms with Crippen molar-refractivity contribution in [3.63, 3.8) is 0 Å². The minimum Gasteiger partial charge on any atom is -0.282 e. The third kappa shape index (κ3) is 3.23. The van der Waals surface area contributed by atoms with Gasteiger partial charge in [-0.05, 0) is 19.3 Å². The molecule has 0 aromatic heterocycles. The molecule has 1 aliphatic rings. The average molecular weight is 257 g/mol. The summed E-state index contributed by atoms with van der Waals surface area (Å²) in [6, 6.07) is -0.0210. The molecule has 1 heterocycles. The van der Waals surface area contributed by atoms with Crippen molar-refractivity contribution in [2.45, 2.75) is 46.2 Å². The van der Waals surface area contributed by atoms with Crippen molar-refractivity contribution in [1.82, 2.24) is 4.90 Å². The van der Waals surface area contributed by atoms with Crippen LogP contribution in [0.2, 0.25) is 0 Å². The first kappa shape index (κ1) is 14.5. The Labute approximate surface area is 105 Å². The van der Waals surface area contributed by atoms with Crippen LogP contribution in [0.4, 0.5) is 0 Å². The first-order chi connectivity index (χ1) is 7.49. The van der Waals surface area contributed by atoms with E-state index in [0.29, 0.717) is 6.54 Å². The lowest BCUT2D eigenvalue weighted by molar-refractivity contribution is 0.0550. The summed E-state index contributed by atoms with van der Waals surface area (Å²) >= 11 is 0. The zero-order chi connectivity index (χ0) is 13.5. The zero-order valence-electron chi connectivity index (χ0n) is 11.4. The molecule has 0 spiro atoms. The molecule has 1 saturated heterocycles. The highest BCUT2D eigenvalue weighted by Crippen LogP contribution is 2.33. The van der Waals surface area contributed by atoms with E-state index in [1.54, 1.807) is 0 Å². The van der Waals surface area contributed by atoms with Crippen LogP contribution in [0, 0.1) is 17.8 Å². The quantitative estimate of drug-likeness (QED) is 0.669. The van der Waals surface area contributed by atoms with Crippen LogP contribution in [-0.2, 0) is 9.84 Å². The number of sulfone groups is 1. The van der Waals surface area contributed by atoms with E-state index in [1.807, 2.05) is 13.8 Å². The standard InChI is InChI=1S/C13H23NO2S/c1-7-13(5,6)14-8-9-17(15,16)10-11(14)12(2,3)4/h1,11H,8-10H2,2-6H3. The van der Waals surface area contributed by atoms with Crippen molar-refractivity contribution >= 4 is 9.84 Å². The van der Waals surface area contributed by atoms with Crippen LogP contribution in [0.1, 0.15) is 34.6 Å². The first-order valence-electron chi connectivity index (χ1n) is 5.94. The maximum atomic E-state index is 11.8. The zero-order valence-corrected chi connectivity index (χ0v) is 12.3. The molecule has 0 bridgehead atoms. The van der Waals surface area contributed by atoms with Gasteiger partial charge in [-0.2, -0.15) is 0 Å². The maximum Gasteiger partial charge on any atom is 0.153 e. The van der Waals surface area contributed by atoms with Crippen LogP contribution in [0.25, 0.3) is 0 Å². The summed E-state index contributed by atoms with van der Waals surface area (Å²) in [6.07, 6.45) is 5.57. The van der Waals surface area contributed by atoms with Crippen LogP contribution < -0.4 is 0 Å². The van der Waals surface area contributed by atoms with E-state index in [9.17, 15) is 8.42 Å². The molecule has 1 atom stereocenters. The molecule has 0 aliphatic carbocycles. The number of hydrogen-bond acceptors (Lipinski definition) is 3. The third-order valence-corrected chi connectivity index (χ3v) is 5.13. The molecule has 17 heavy (non-hydrogen) atoms. The van der Waals surface area contributed by atoms with Crippen molar-refractivity contribution in [2.75, 3.05) is 18.1 Å². The number of nitrogens with zero attached hydrogens (tertiary/aromatic N) is 1. The van der Waals surface area contributed by atoms with E-state index in [4.69, 9.17) is 6.42 Å². The van der Waals surface area contributed by atoms with Gasteiger partial charge in [-0.15, -0.1) is 6.42 Å². The second-order valence-electron chi connectivity index (χ2n) is 6.39. The van der Waals surface area contributed by atoms with E-state index in [0.717, 1.165) is 0 Å². The Balaban J connectivity index is 3.11. The van der Waals surface area contributed by atoms with Gasteiger partial charge in [0.25, 0.3) is 0 Å². The highest BCUT2D eigenvalue weighted by molar-refractivity contribution is 7.91. The SMILES string of the molecule is C#CC(C)(C)N1CCS(=O)(=O)CC1C(C)(C)C. The second kappa shape index (κ2) is 4.29. The molecule has 98 valence electrons. The molecule has 3 nitrogen and oxygen atoms in total. The fourth-order valence-corrected chi connectivity index (χ4v) is 4.08. The summed E-state index contributed by atoms with van der Waals surface area (Å²) in [4.78, 5) is 2.16. The highest BCUT2D eigenvalue weighted by Gasteiger charge is 2.43. The third-order valence-electron chi connectivity index (χ3n) is 3.50. The van der Waals surface area contributed by atoms with E-state index >= 15 is 0 Å². The van der Waals surface area contributed by atoms with Crippen molar-refractivity contribution < 1.29 is 8.42 Å². The minimum atomic E-state index is -2.93. The molecule has 0 amide bonds. The molecule has 0 radical (unpaired) electrons. The van der Waals surface area contributed by atoms with Crippen LogP contribution in [-0.4, -0.2) is 42.9 Å². The van der Waals surface area contributed by atoms with Crippen molar-refractivity contribution in [2.24, 2.45) is 5.41 Å². The Morgan fingerprint density at radius 3 is 2.18 bits per heavy atom. The Morgan fingerprint density at radius 2 is 1.76 bits per heavy atom. The van der Waals surface area contributed by atoms with E-state index in [1.165, 1.54) is 0 Å². The van der Waals surface area contributed by atoms with Gasteiger partial charge >= 0.3 is 0 Å². The van der Waals surface area contributed by atoms with Crippen molar-refractivity contribution in [3.05, 3.63) is 0 Å². The molecule has 1 aliphatic heterocycles. The Hall–Kier alpha value is -0.530. The van der Waals surface area contributed by atoms with Gasteiger partial charge in [-0.1, -0.05) is 26.7 Å². The van der Waals surface area contributed by atoms with Gasteiger partial charge in [0, 0.05) is 12.6 Å². The van der Waals surface area contributed by atoms with Crippen LogP contribution in [0.3, 0.4) is 0 Å². The molecule has 4 heteroatoms. The molecule has 0 saturated carbocycles. The lowest BCUT2D eigenvalue weighted by Gasteiger charge is -2.48. The van der Waals surface area contributed by atoms with Gasteiger partial charge in [-0.3, -0.25) is 4.90 Å². The Bertz CT molecular complexity index is 423. The number of hydrogen-bond donors (Lipinski definition) is 0. The molecule has 0 aromatic rings. The normalized spacial score (nSPS) is 26.5. The van der Waals surface area contributed by atoms with Crippen LogP contribution in [0.5, 0.6) is 0 Å². The predicted molar refractivity (Wildman–Crippen MR) is 71.5 cm³/mol. The fraction of sp³-hybridized carbons (Fsp3) is 0.846. The minimum absolute atomic E-state index is 0.0210. The molecule has 1 unspecified atom stereocenters. The van der Waals surface area contributed by atoms with E-state index < -0.39 is 15.4 Å². The first-order valence-corrected chi connectivity index (χ1v) is 7.77. The topological polar surface area (TPSA) is 37.4 Å². The summed E-state index contributed by atoms with van der Waals surface area (Å²) in [5, 5.41) is 0. The maximum absolute atomic E-state index is 11.8. The second-order valence-corrected chi connectivity index (χ2v) is 8.62. The predicted octanol–water partition coefficient (Wildman–Crippen LogP) is 1.54. The van der Waals surface area contributed by atoms with Crippen molar-refractivity contribution in [3.8, 4) is 12.3 Å². The van der Waals surface area contributed by atoms with Gasteiger partial charge in [-0.25, -0.2) is 8.42 Å². The summed E-state index contributed by atoms with van der Waals surface area (Å²) in [5.74, 6) is 3.19. The summed E-state index contributed by atoms with van der Waals surface area (Å²) in [5.41, 5.74) is -0.491. The fourth-order valence-electron chi connectivity index (χ4n) is 2.28. The molecule has 0 N–H and O–H groups in total.